The van der Waals surface area contributed by atoms with Crippen LogP contribution in [0.3, 0.4) is 0 Å². The average Bonchev–Trinajstić information content (AvgIpc) is 2.79. The third kappa shape index (κ3) is 5.97. The van der Waals surface area contributed by atoms with E-state index in [1.165, 1.54) is 18.9 Å². The van der Waals surface area contributed by atoms with Crippen LogP contribution < -0.4 is 18.9 Å². The summed E-state index contributed by atoms with van der Waals surface area (Å²) in [5, 5.41) is 20.7. The first kappa shape index (κ1) is 24.4. The molecule has 0 saturated heterocycles. The number of ether oxygens (including phenoxy) is 4. The van der Waals surface area contributed by atoms with E-state index in [0.717, 1.165) is 11.1 Å². The molecule has 6 heteroatoms. The topological polar surface area (TPSA) is 77.4 Å². The Balaban J connectivity index is 1.95. The monoisotopic (exact) mass is 452 g/mol. The van der Waals surface area contributed by atoms with Gasteiger partial charge in [0.05, 0.1) is 25.5 Å². The SMILES string of the molecule is COc1cc(CO)cc2c1C(O)C(c1ccc(OCC=C(C)C)c(OCC=C(C)C)c1)=CO2. The molecule has 0 amide bonds. The third-order valence-corrected chi connectivity index (χ3v) is 5.19. The number of fused-ring (bicyclic) bond motifs is 1. The maximum Gasteiger partial charge on any atom is 0.162 e. The van der Waals surface area contributed by atoms with Gasteiger partial charge in [0.1, 0.15) is 30.8 Å². The number of hydrogen-bond donors (Lipinski definition) is 2. The van der Waals surface area contributed by atoms with E-state index < -0.39 is 6.10 Å². The first-order valence-electron chi connectivity index (χ1n) is 10.9. The fourth-order valence-electron chi connectivity index (χ4n) is 3.37. The van der Waals surface area contributed by atoms with Gasteiger partial charge >= 0.3 is 0 Å². The standard InChI is InChI=1S/C27H32O6/c1-17(2)8-10-31-22-7-6-20(14-23(22)32-11-9-18(3)4)21-16-33-25-13-19(15-28)12-24(30-5)26(25)27(21)29/h6-9,12-14,16,27-29H,10-11,15H2,1-5H3. The molecule has 1 atom stereocenters. The normalized spacial score (nSPS) is 14.4. The van der Waals surface area contributed by atoms with E-state index in [2.05, 4.69) is 0 Å². The molecule has 33 heavy (non-hydrogen) atoms. The Morgan fingerprint density at radius 1 is 0.939 bits per heavy atom. The maximum absolute atomic E-state index is 11.2. The lowest BCUT2D eigenvalue weighted by atomic mass is 9.92. The molecular formula is C27H32O6. The van der Waals surface area contributed by atoms with Gasteiger partial charge in [-0.2, -0.15) is 0 Å². The summed E-state index contributed by atoms with van der Waals surface area (Å²) in [4.78, 5) is 0. The zero-order valence-electron chi connectivity index (χ0n) is 19.8. The fourth-order valence-corrected chi connectivity index (χ4v) is 3.37. The van der Waals surface area contributed by atoms with E-state index in [1.807, 2.05) is 58.0 Å². The van der Waals surface area contributed by atoms with E-state index >= 15 is 0 Å². The smallest absolute Gasteiger partial charge is 0.162 e. The second-order valence-electron chi connectivity index (χ2n) is 8.31. The molecule has 0 saturated carbocycles. The predicted octanol–water partition coefficient (Wildman–Crippen LogP) is 5.34. The van der Waals surface area contributed by atoms with Crippen molar-refractivity contribution in [3.8, 4) is 23.0 Å². The van der Waals surface area contributed by atoms with Crippen molar-refractivity contribution in [1.82, 2.24) is 0 Å². The van der Waals surface area contributed by atoms with Crippen molar-refractivity contribution in [1.29, 1.82) is 0 Å². The largest absolute Gasteiger partial charge is 0.496 e. The van der Waals surface area contributed by atoms with Gasteiger partial charge in [-0.15, -0.1) is 0 Å². The van der Waals surface area contributed by atoms with Crippen molar-refractivity contribution < 1.29 is 29.2 Å². The van der Waals surface area contributed by atoms with Crippen molar-refractivity contribution in [2.75, 3.05) is 20.3 Å². The summed E-state index contributed by atoms with van der Waals surface area (Å²) in [6.07, 6.45) is 4.54. The van der Waals surface area contributed by atoms with Crippen molar-refractivity contribution in [3.05, 3.63) is 76.6 Å². The highest BCUT2D eigenvalue weighted by atomic mass is 16.5. The van der Waals surface area contributed by atoms with Gasteiger partial charge in [-0.3, -0.25) is 0 Å². The highest BCUT2D eigenvalue weighted by Crippen LogP contribution is 2.46. The molecule has 2 N–H and O–H groups in total. The van der Waals surface area contributed by atoms with E-state index in [-0.39, 0.29) is 6.61 Å². The van der Waals surface area contributed by atoms with Gasteiger partial charge in [-0.1, -0.05) is 17.2 Å². The van der Waals surface area contributed by atoms with Gasteiger partial charge in [0.15, 0.2) is 11.5 Å². The Hall–Kier alpha value is -3.22. The molecule has 0 aliphatic carbocycles. The van der Waals surface area contributed by atoms with Crippen LogP contribution in [-0.2, 0) is 6.61 Å². The van der Waals surface area contributed by atoms with Gasteiger partial charge in [-0.05, 0) is 75.2 Å². The molecule has 6 nitrogen and oxygen atoms in total. The van der Waals surface area contributed by atoms with E-state index in [9.17, 15) is 10.2 Å². The van der Waals surface area contributed by atoms with Crippen LogP contribution in [0, 0.1) is 0 Å². The molecule has 176 valence electrons. The van der Waals surface area contributed by atoms with Gasteiger partial charge in [0.2, 0.25) is 0 Å². The highest BCUT2D eigenvalue weighted by molar-refractivity contribution is 5.75. The van der Waals surface area contributed by atoms with Crippen LogP contribution in [0.1, 0.15) is 50.5 Å². The number of aliphatic hydroxyl groups is 2. The van der Waals surface area contributed by atoms with Gasteiger partial charge in [0.25, 0.3) is 0 Å². The van der Waals surface area contributed by atoms with Crippen LogP contribution in [0.5, 0.6) is 23.0 Å². The molecule has 3 rings (SSSR count). The highest BCUT2D eigenvalue weighted by Gasteiger charge is 2.29. The number of hydrogen-bond acceptors (Lipinski definition) is 6. The number of methoxy groups -OCH3 is 1. The Morgan fingerprint density at radius 3 is 2.21 bits per heavy atom. The molecule has 2 aromatic rings. The molecular weight excluding hydrogens is 420 g/mol. The van der Waals surface area contributed by atoms with Crippen LogP contribution >= 0.6 is 0 Å². The molecule has 1 unspecified atom stereocenters. The summed E-state index contributed by atoms with van der Waals surface area (Å²) >= 11 is 0. The Bertz CT molecular complexity index is 1070. The summed E-state index contributed by atoms with van der Waals surface area (Å²) in [5.74, 6) is 2.11. The van der Waals surface area contributed by atoms with Gasteiger partial charge in [0, 0.05) is 5.57 Å². The lowest BCUT2D eigenvalue weighted by Gasteiger charge is -2.26. The molecule has 1 aliphatic heterocycles. The molecule has 2 aromatic carbocycles. The number of benzene rings is 2. The minimum absolute atomic E-state index is 0.153. The molecule has 1 aliphatic rings. The van der Waals surface area contributed by atoms with Crippen molar-refractivity contribution in [2.45, 2.75) is 40.4 Å². The molecule has 0 spiro atoms. The Labute approximate surface area is 195 Å². The van der Waals surface area contributed by atoms with Crippen LogP contribution in [0.15, 0.2) is 59.9 Å². The van der Waals surface area contributed by atoms with Crippen LogP contribution in [-0.4, -0.2) is 30.5 Å². The van der Waals surface area contributed by atoms with Gasteiger partial charge in [-0.25, -0.2) is 0 Å². The first-order chi connectivity index (χ1) is 15.8. The van der Waals surface area contributed by atoms with Crippen molar-refractivity contribution in [2.24, 2.45) is 0 Å². The van der Waals surface area contributed by atoms with E-state index in [0.29, 0.717) is 52.9 Å². The second-order valence-corrected chi connectivity index (χ2v) is 8.31. The number of allylic oxidation sites excluding steroid dienone is 2. The minimum Gasteiger partial charge on any atom is -0.496 e. The average molecular weight is 453 g/mol. The quantitative estimate of drug-likeness (QED) is 0.500. The molecule has 1 heterocycles. The zero-order chi connectivity index (χ0) is 24.0. The Morgan fingerprint density at radius 2 is 1.61 bits per heavy atom. The minimum atomic E-state index is -0.973. The maximum atomic E-state index is 11.2. The predicted molar refractivity (Wildman–Crippen MR) is 129 cm³/mol. The lowest BCUT2D eigenvalue weighted by molar-refractivity contribution is 0.217. The summed E-state index contributed by atoms with van der Waals surface area (Å²) in [7, 11) is 1.52. The number of aliphatic hydroxyl groups excluding tert-OH is 2. The molecule has 0 bridgehead atoms. The zero-order valence-corrected chi connectivity index (χ0v) is 19.8. The summed E-state index contributed by atoms with van der Waals surface area (Å²) in [6.45, 7) is 8.76. The fraction of sp³-hybridized carbons (Fsp3) is 0.333. The van der Waals surface area contributed by atoms with Crippen LogP contribution in [0.25, 0.3) is 5.57 Å². The van der Waals surface area contributed by atoms with Gasteiger partial charge < -0.3 is 29.2 Å². The van der Waals surface area contributed by atoms with E-state index in [4.69, 9.17) is 18.9 Å². The van der Waals surface area contributed by atoms with Crippen LogP contribution in [0.2, 0.25) is 0 Å². The van der Waals surface area contributed by atoms with E-state index in [1.54, 1.807) is 12.1 Å². The number of rotatable bonds is 9. The lowest BCUT2D eigenvalue weighted by Crippen LogP contribution is -2.12. The molecule has 0 radical (unpaired) electrons. The van der Waals surface area contributed by atoms with Crippen molar-refractivity contribution >= 4 is 5.57 Å². The molecule has 0 aromatic heterocycles. The first-order valence-corrected chi connectivity index (χ1v) is 10.9. The summed E-state index contributed by atoms with van der Waals surface area (Å²) in [5.41, 5.74) is 4.79. The summed E-state index contributed by atoms with van der Waals surface area (Å²) < 4.78 is 23.2. The van der Waals surface area contributed by atoms with Crippen LogP contribution in [0.4, 0.5) is 0 Å². The second kappa shape index (κ2) is 11.1. The third-order valence-electron chi connectivity index (χ3n) is 5.19. The van der Waals surface area contributed by atoms with Crippen molar-refractivity contribution in [3.63, 3.8) is 0 Å². The summed E-state index contributed by atoms with van der Waals surface area (Å²) in [6, 6.07) is 8.93. The Kier molecular flexibility index (Phi) is 8.20. The molecule has 0 fully saturated rings.